The van der Waals surface area contributed by atoms with Crippen LogP contribution in [0.2, 0.25) is 0 Å². The number of nitrogens with one attached hydrogen (secondary N) is 1. The molecule has 1 amide bonds. The molecule has 0 saturated heterocycles. The van der Waals surface area contributed by atoms with Gasteiger partial charge in [0.1, 0.15) is 0 Å². The molecular formula is C14H24ClNO. The number of alkyl halides is 1. The van der Waals surface area contributed by atoms with Gasteiger partial charge in [-0.1, -0.05) is 26.7 Å². The van der Waals surface area contributed by atoms with Gasteiger partial charge in [-0.15, -0.1) is 11.6 Å². The zero-order chi connectivity index (χ0) is 12.5. The topological polar surface area (TPSA) is 29.1 Å². The highest BCUT2D eigenvalue weighted by Crippen LogP contribution is 2.45. The van der Waals surface area contributed by atoms with Crippen LogP contribution in [0.3, 0.4) is 0 Å². The third-order valence-corrected chi connectivity index (χ3v) is 4.84. The van der Waals surface area contributed by atoms with Crippen LogP contribution in [0.4, 0.5) is 0 Å². The minimum absolute atomic E-state index is 0.0504. The van der Waals surface area contributed by atoms with E-state index in [2.05, 4.69) is 19.2 Å². The predicted molar refractivity (Wildman–Crippen MR) is 71.2 cm³/mol. The largest absolute Gasteiger partial charge is 0.349 e. The van der Waals surface area contributed by atoms with E-state index in [4.69, 9.17) is 11.6 Å². The van der Waals surface area contributed by atoms with Gasteiger partial charge in [0.2, 0.25) is 5.91 Å². The van der Waals surface area contributed by atoms with Crippen molar-refractivity contribution in [3.63, 3.8) is 0 Å². The lowest BCUT2D eigenvalue weighted by Crippen LogP contribution is -2.47. The van der Waals surface area contributed by atoms with Crippen LogP contribution in [-0.2, 0) is 4.79 Å². The molecule has 2 nitrogen and oxygen atoms in total. The van der Waals surface area contributed by atoms with E-state index < -0.39 is 0 Å². The lowest BCUT2D eigenvalue weighted by Gasteiger charge is -2.31. The summed E-state index contributed by atoms with van der Waals surface area (Å²) in [7, 11) is 0. The van der Waals surface area contributed by atoms with Crippen LogP contribution < -0.4 is 5.32 Å². The zero-order valence-corrected chi connectivity index (χ0v) is 11.8. The van der Waals surface area contributed by atoms with Gasteiger partial charge >= 0.3 is 0 Å². The van der Waals surface area contributed by atoms with Crippen molar-refractivity contribution < 1.29 is 4.79 Å². The summed E-state index contributed by atoms with van der Waals surface area (Å²) >= 11 is 5.94. The molecule has 0 aliphatic heterocycles. The average Bonchev–Trinajstić information content (AvgIpc) is 2.88. The minimum atomic E-state index is -0.0875. The van der Waals surface area contributed by atoms with E-state index >= 15 is 0 Å². The highest BCUT2D eigenvalue weighted by atomic mass is 35.5. The molecule has 17 heavy (non-hydrogen) atoms. The fraction of sp³-hybridized carbons (Fsp3) is 0.929. The maximum absolute atomic E-state index is 12.5. The summed E-state index contributed by atoms with van der Waals surface area (Å²) in [4.78, 5) is 12.5. The van der Waals surface area contributed by atoms with Crippen molar-refractivity contribution in [2.45, 2.75) is 64.3 Å². The molecule has 0 aromatic rings. The number of hydrogen-bond acceptors (Lipinski definition) is 1. The molecule has 0 atom stereocenters. The predicted octanol–water partition coefficient (Wildman–Crippen LogP) is 3.48. The van der Waals surface area contributed by atoms with Crippen molar-refractivity contribution in [1.82, 2.24) is 5.32 Å². The monoisotopic (exact) mass is 257 g/mol. The average molecular weight is 258 g/mol. The van der Waals surface area contributed by atoms with Gasteiger partial charge in [0.15, 0.2) is 0 Å². The van der Waals surface area contributed by atoms with Crippen LogP contribution in [0.25, 0.3) is 0 Å². The van der Waals surface area contributed by atoms with Gasteiger partial charge in [-0.25, -0.2) is 0 Å². The third kappa shape index (κ3) is 2.78. The van der Waals surface area contributed by atoms with Crippen LogP contribution in [0.15, 0.2) is 0 Å². The van der Waals surface area contributed by atoms with Gasteiger partial charge in [-0.2, -0.15) is 0 Å². The van der Waals surface area contributed by atoms with Crippen molar-refractivity contribution in [2.24, 2.45) is 11.3 Å². The van der Waals surface area contributed by atoms with E-state index in [0.29, 0.717) is 11.8 Å². The first-order valence-electron chi connectivity index (χ1n) is 6.91. The first-order chi connectivity index (χ1) is 8.02. The molecule has 0 unspecified atom stereocenters. The van der Waals surface area contributed by atoms with Crippen LogP contribution in [0.1, 0.15) is 58.8 Å². The van der Waals surface area contributed by atoms with E-state index in [0.717, 1.165) is 32.1 Å². The fourth-order valence-electron chi connectivity index (χ4n) is 3.17. The van der Waals surface area contributed by atoms with E-state index in [1.54, 1.807) is 0 Å². The summed E-state index contributed by atoms with van der Waals surface area (Å²) in [6.45, 7) is 4.42. The first-order valence-corrected chi connectivity index (χ1v) is 7.44. The van der Waals surface area contributed by atoms with Gasteiger partial charge in [-0.3, -0.25) is 4.79 Å². The Kier molecular flexibility index (Phi) is 3.72. The Bertz CT molecular complexity index is 291. The maximum Gasteiger partial charge on any atom is 0.226 e. The number of hydrogen-bond donors (Lipinski definition) is 1. The van der Waals surface area contributed by atoms with Crippen LogP contribution in [0, 0.1) is 11.3 Å². The molecule has 2 rings (SSSR count). The standard InChI is InChI=1S/C14H24ClNO/c1-11(2)9-13(5-3-4-6-13)12(17)16-14(10-15)7-8-14/h11H,3-10H2,1-2H3,(H,16,17). The van der Waals surface area contributed by atoms with Gasteiger partial charge < -0.3 is 5.32 Å². The number of carbonyl (C=O) groups is 1. The molecule has 0 aromatic carbocycles. The Morgan fingerprint density at radius 2 is 1.82 bits per heavy atom. The minimum Gasteiger partial charge on any atom is -0.349 e. The number of halogens is 1. The number of carbonyl (C=O) groups excluding carboxylic acids is 1. The van der Waals surface area contributed by atoms with Gasteiger partial charge in [-0.05, 0) is 38.0 Å². The maximum atomic E-state index is 12.5. The molecule has 0 spiro atoms. The molecule has 2 saturated carbocycles. The Labute approximate surface area is 109 Å². The van der Waals surface area contributed by atoms with Crippen LogP contribution in [-0.4, -0.2) is 17.3 Å². The molecule has 2 fully saturated rings. The van der Waals surface area contributed by atoms with Crippen molar-refractivity contribution in [1.29, 1.82) is 0 Å². The molecule has 3 heteroatoms. The van der Waals surface area contributed by atoms with Crippen molar-refractivity contribution in [2.75, 3.05) is 5.88 Å². The summed E-state index contributed by atoms with van der Waals surface area (Å²) in [6.07, 6.45) is 7.67. The van der Waals surface area contributed by atoms with E-state index in [9.17, 15) is 4.79 Å². The summed E-state index contributed by atoms with van der Waals surface area (Å²) in [5.74, 6) is 1.43. The van der Waals surface area contributed by atoms with E-state index in [-0.39, 0.29) is 16.9 Å². The Morgan fingerprint density at radius 3 is 2.24 bits per heavy atom. The third-order valence-electron chi connectivity index (χ3n) is 4.33. The smallest absolute Gasteiger partial charge is 0.226 e. The van der Waals surface area contributed by atoms with Crippen molar-refractivity contribution in [3.8, 4) is 0 Å². The number of rotatable bonds is 5. The Morgan fingerprint density at radius 1 is 1.24 bits per heavy atom. The van der Waals surface area contributed by atoms with Crippen molar-refractivity contribution >= 4 is 17.5 Å². The Hall–Kier alpha value is -0.240. The molecular weight excluding hydrogens is 234 g/mol. The lowest BCUT2D eigenvalue weighted by atomic mass is 9.77. The highest BCUT2D eigenvalue weighted by molar-refractivity contribution is 6.19. The summed E-state index contributed by atoms with van der Waals surface area (Å²) in [5, 5.41) is 3.23. The van der Waals surface area contributed by atoms with Gasteiger partial charge in [0.25, 0.3) is 0 Å². The summed E-state index contributed by atoms with van der Waals surface area (Å²) in [5.41, 5.74) is -0.138. The van der Waals surface area contributed by atoms with Crippen LogP contribution in [0.5, 0.6) is 0 Å². The molecule has 1 N–H and O–H groups in total. The second-order valence-electron chi connectivity index (χ2n) is 6.45. The molecule has 98 valence electrons. The van der Waals surface area contributed by atoms with Crippen molar-refractivity contribution in [3.05, 3.63) is 0 Å². The molecule has 0 heterocycles. The Balaban J connectivity index is 2.03. The summed E-state index contributed by atoms with van der Waals surface area (Å²) < 4.78 is 0. The van der Waals surface area contributed by atoms with Gasteiger partial charge in [0, 0.05) is 11.3 Å². The zero-order valence-electron chi connectivity index (χ0n) is 11.0. The highest BCUT2D eigenvalue weighted by Gasteiger charge is 2.48. The van der Waals surface area contributed by atoms with E-state index in [1.807, 2.05) is 0 Å². The van der Waals surface area contributed by atoms with Gasteiger partial charge in [0.05, 0.1) is 5.54 Å². The SMILES string of the molecule is CC(C)CC1(C(=O)NC2(CCl)CC2)CCCC1. The second kappa shape index (κ2) is 4.79. The normalized spacial score (nSPS) is 24.9. The second-order valence-corrected chi connectivity index (χ2v) is 6.72. The fourth-order valence-corrected chi connectivity index (χ4v) is 3.51. The quantitative estimate of drug-likeness (QED) is 0.751. The molecule has 0 aromatic heterocycles. The molecule has 2 aliphatic rings. The molecule has 0 bridgehead atoms. The number of amides is 1. The van der Waals surface area contributed by atoms with E-state index in [1.165, 1.54) is 12.8 Å². The lowest BCUT2D eigenvalue weighted by molar-refractivity contribution is -0.132. The molecule has 0 radical (unpaired) electrons. The summed E-state index contributed by atoms with van der Waals surface area (Å²) in [6, 6.07) is 0. The molecule has 2 aliphatic carbocycles. The first kappa shape index (κ1) is 13.2. The van der Waals surface area contributed by atoms with Crippen LogP contribution >= 0.6 is 11.6 Å².